The third kappa shape index (κ3) is 2.68. The predicted octanol–water partition coefficient (Wildman–Crippen LogP) is 2.86. The molecule has 120 valence electrons. The number of fused-ring (bicyclic) bond motifs is 1. The monoisotopic (exact) mass is 334 g/mol. The van der Waals surface area contributed by atoms with Crippen molar-refractivity contribution in [3.63, 3.8) is 0 Å². The highest BCUT2D eigenvalue weighted by atomic mass is 32.2. The summed E-state index contributed by atoms with van der Waals surface area (Å²) in [5.41, 5.74) is 3.04. The summed E-state index contributed by atoms with van der Waals surface area (Å²) in [5.74, 6) is -0.552. The maximum atomic E-state index is 14.3. The van der Waals surface area contributed by atoms with E-state index >= 15 is 0 Å². The number of carbonyl (C=O) groups excluding carboxylic acids is 1. The van der Waals surface area contributed by atoms with Gasteiger partial charge in [-0.15, -0.1) is 0 Å². The molecule has 2 aromatic carbocycles. The first-order valence-corrected chi connectivity index (χ1v) is 8.48. The number of hydrogen-bond donors (Lipinski definition) is 2. The number of rotatable bonds is 2. The summed E-state index contributed by atoms with van der Waals surface area (Å²) in [6.07, 6.45) is 0.198. The fraction of sp³-hybridized carbons (Fsp3) is 0.188. The van der Waals surface area contributed by atoms with Gasteiger partial charge in [0.2, 0.25) is 0 Å². The van der Waals surface area contributed by atoms with E-state index in [1.807, 2.05) is 36.8 Å². The first-order chi connectivity index (χ1) is 10.8. The molecule has 1 heterocycles. The Hall–Kier alpha value is -2.41. The van der Waals surface area contributed by atoms with Crippen molar-refractivity contribution in [2.75, 3.05) is 5.32 Å². The Morgan fingerprint density at radius 3 is 2.35 bits per heavy atom. The molecule has 0 spiro atoms. The summed E-state index contributed by atoms with van der Waals surface area (Å²) in [4.78, 5) is 11.4. The lowest BCUT2D eigenvalue weighted by atomic mass is 9.95. The zero-order valence-electron chi connectivity index (χ0n) is 12.6. The molecule has 0 saturated carbocycles. The van der Waals surface area contributed by atoms with Crippen LogP contribution in [-0.4, -0.2) is 14.4 Å². The van der Waals surface area contributed by atoms with Crippen LogP contribution in [0.1, 0.15) is 22.3 Å². The lowest BCUT2D eigenvalue weighted by Crippen LogP contribution is -2.40. The van der Waals surface area contributed by atoms with Gasteiger partial charge in [-0.2, -0.15) is 0 Å². The SMILES string of the molecule is Cc1cccc(C)c1Cc1c(F)ccc2c1NC(=O)NS2(=O)=O. The topological polar surface area (TPSA) is 75.3 Å². The quantitative estimate of drug-likeness (QED) is 0.887. The molecule has 0 atom stereocenters. The largest absolute Gasteiger partial charge is 0.333 e. The second-order valence-electron chi connectivity index (χ2n) is 5.51. The molecule has 0 radical (unpaired) electrons. The van der Waals surface area contributed by atoms with E-state index in [1.54, 1.807) is 0 Å². The number of anilines is 1. The minimum atomic E-state index is -3.97. The van der Waals surface area contributed by atoms with Gasteiger partial charge >= 0.3 is 6.03 Å². The molecule has 3 rings (SSSR count). The van der Waals surface area contributed by atoms with Gasteiger partial charge in [-0.1, -0.05) is 18.2 Å². The molecule has 23 heavy (non-hydrogen) atoms. The Balaban J connectivity index is 2.20. The Morgan fingerprint density at radius 2 is 1.70 bits per heavy atom. The lowest BCUT2D eigenvalue weighted by Gasteiger charge is -2.22. The minimum Gasteiger partial charge on any atom is -0.305 e. The van der Waals surface area contributed by atoms with Crippen molar-refractivity contribution in [2.24, 2.45) is 0 Å². The highest BCUT2D eigenvalue weighted by Gasteiger charge is 2.31. The van der Waals surface area contributed by atoms with Crippen LogP contribution in [0.25, 0.3) is 0 Å². The summed E-state index contributed by atoms with van der Waals surface area (Å²) in [6.45, 7) is 3.82. The van der Waals surface area contributed by atoms with Crippen molar-refractivity contribution < 1.29 is 17.6 Å². The number of sulfonamides is 1. The van der Waals surface area contributed by atoms with Crippen LogP contribution in [0.3, 0.4) is 0 Å². The third-order valence-corrected chi connectivity index (χ3v) is 5.34. The lowest BCUT2D eigenvalue weighted by molar-refractivity contribution is 0.256. The van der Waals surface area contributed by atoms with Gasteiger partial charge in [0.1, 0.15) is 10.7 Å². The molecular formula is C16H15FN2O3S. The van der Waals surface area contributed by atoms with Crippen LogP contribution in [0.2, 0.25) is 0 Å². The molecule has 2 amide bonds. The van der Waals surface area contributed by atoms with Gasteiger partial charge < -0.3 is 5.32 Å². The molecule has 2 N–H and O–H groups in total. The number of benzene rings is 2. The van der Waals surface area contributed by atoms with E-state index in [4.69, 9.17) is 0 Å². The highest BCUT2D eigenvalue weighted by Crippen LogP contribution is 2.33. The van der Waals surface area contributed by atoms with Crippen LogP contribution in [0.5, 0.6) is 0 Å². The molecule has 1 aliphatic rings. The van der Waals surface area contributed by atoms with Crippen molar-refractivity contribution in [2.45, 2.75) is 25.2 Å². The van der Waals surface area contributed by atoms with E-state index in [-0.39, 0.29) is 22.6 Å². The van der Waals surface area contributed by atoms with Crippen LogP contribution in [-0.2, 0) is 16.4 Å². The fourth-order valence-corrected chi connectivity index (χ4v) is 3.85. The van der Waals surface area contributed by atoms with Gasteiger partial charge in [0, 0.05) is 12.0 Å². The van der Waals surface area contributed by atoms with Crippen LogP contribution >= 0.6 is 0 Å². The van der Waals surface area contributed by atoms with Gasteiger partial charge in [-0.05, 0) is 42.7 Å². The Morgan fingerprint density at radius 1 is 1.04 bits per heavy atom. The van der Waals surface area contributed by atoms with Crippen molar-refractivity contribution in [1.82, 2.24) is 4.72 Å². The Bertz CT molecular complexity index is 903. The summed E-state index contributed by atoms with van der Waals surface area (Å²) < 4.78 is 40.3. The number of amides is 2. The van der Waals surface area contributed by atoms with E-state index in [1.165, 1.54) is 0 Å². The number of urea groups is 1. The van der Waals surface area contributed by atoms with Crippen molar-refractivity contribution in [3.05, 3.63) is 58.4 Å². The highest BCUT2D eigenvalue weighted by molar-refractivity contribution is 7.90. The van der Waals surface area contributed by atoms with Crippen LogP contribution in [0, 0.1) is 19.7 Å². The van der Waals surface area contributed by atoms with Gasteiger partial charge in [0.15, 0.2) is 0 Å². The number of nitrogens with one attached hydrogen (secondary N) is 2. The second-order valence-corrected chi connectivity index (χ2v) is 7.16. The number of hydrogen-bond acceptors (Lipinski definition) is 3. The van der Waals surface area contributed by atoms with E-state index in [9.17, 15) is 17.6 Å². The van der Waals surface area contributed by atoms with E-state index in [0.29, 0.717) is 0 Å². The van der Waals surface area contributed by atoms with Crippen LogP contribution in [0.4, 0.5) is 14.9 Å². The molecule has 0 bridgehead atoms. The summed E-state index contributed by atoms with van der Waals surface area (Å²) in [5, 5.41) is 2.41. The second kappa shape index (κ2) is 5.34. The minimum absolute atomic E-state index is 0.0106. The van der Waals surface area contributed by atoms with E-state index < -0.39 is 21.9 Å². The summed E-state index contributed by atoms with van der Waals surface area (Å²) in [7, 11) is -3.97. The molecule has 1 aliphatic heterocycles. The fourth-order valence-electron chi connectivity index (χ4n) is 2.76. The maximum absolute atomic E-state index is 14.3. The van der Waals surface area contributed by atoms with E-state index in [2.05, 4.69) is 5.32 Å². The average Bonchev–Trinajstić information content (AvgIpc) is 2.43. The van der Waals surface area contributed by atoms with Gasteiger partial charge in [0.05, 0.1) is 5.69 Å². The molecule has 0 unspecified atom stereocenters. The number of carbonyl (C=O) groups is 1. The Kier molecular flexibility index (Phi) is 3.60. The van der Waals surface area contributed by atoms with E-state index in [0.717, 1.165) is 28.8 Å². The molecule has 0 saturated heterocycles. The van der Waals surface area contributed by atoms with Crippen molar-refractivity contribution in [1.29, 1.82) is 0 Å². The molecule has 7 heteroatoms. The molecule has 2 aromatic rings. The summed E-state index contributed by atoms with van der Waals surface area (Å²) >= 11 is 0. The average molecular weight is 334 g/mol. The van der Waals surface area contributed by atoms with Gasteiger partial charge in [-0.25, -0.2) is 22.3 Å². The zero-order valence-corrected chi connectivity index (χ0v) is 13.4. The smallest absolute Gasteiger partial charge is 0.305 e. The molecule has 0 aromatic heterocycles. The third-order valence-electron chi connectivity index (χ3n) is 3.97. The van der Waals surface area contributed by atoms with Gasteiger partial charge in [-0.3, -0.25) is 0 Å². The van der Waals surface area contributed by atoms with Gasteiger partial charge in [0.25, 0.3) is 10.0 Å². The summed E-state index contributed by atoms with van der Waals surface area (Å²) in [6, 6.07) is 7.10. The first kappa shape index (κ1) is 15.5. The molecule has 0 fully saturated rings. The standard InChI is InChI=1S/C16H15FN2O3S/c1-9-4-3-5-10(2)11(9)8-12-13(17)6-7-14-15(12)18-16(20)19-23(14,21)22/h3-7H,8H2,1-2H3,(H2,18,19,20). The van der Waals surface area contributed by atoms with Crippen molar-refractivity contribution in [3.8, 4) is 0 Å². The number of aryl methyl sites for hydroxylation is 2. The van der Waals surface area contributed by atoms with Crippen molar-refractivity contribution >= 4 is 21.7 Å². The zero-order chi connectivity index (χ0) is 16.8. The molecular weight excluding hydrogens is 319 g/mol. The van der Waals surface area contributed by atoms with Crippen LogP contribution in [0.15, 0.2) is 35.2 Å². The molecule has 0 aliphatic carbocycles. The Labute approximate surface area is 133 Å². The maximum Gasteiger partial charge on any atom is 0.333 e. The first-order valence-electron chi connectivity index (χ1n) is 7.00. The molecule has 5 nitrogen and oxygen atoms in total. The van der Waals surface area contributed by atoms with Crippen LogP contribution < -0.4 is 10.0 Å². The number of halogens is 1. The predicted molar refractivity (Wildman–Crippen MR) is 84.5 cm³/mol. The normalized spacial score (nSPS) is 15.5.